The highest BCUT2D eigenvalue weighted by atomic mass is 16.4. The zero-order valence-corrected chi connectivity index (χ0v) is 11.1. The van der Waals surface area contributed by atoms with Gasteiger partial charge in [0, 0.05) is 12.1 Å². The van der Waals surface area contributed by atoms with Gasteiger partial charge in [0.2, 0.25) is 0 Å². The van der Waals surface area contributed by atoms with Crippen molar-refractivity contribution in [1.29, 1.82) is 5.26 Å². The summed E-state index contributed by atoms with van der Waals surface area (Å²) >= 11 is 0. The van der Waals surface area contributed by atoms with E-state index in [2.05, 4.69) is 5.32 Å². The molecule has 1 fully saturated rings. The van der Waals surface area contributed by atoms with Gasteiger partial charge in [-0.2, -0.15) is 5.26 Å². The number of amides is 1. The van der Waals surface area contributed by atoms with Gasteiger partial charge in [-0.3, -0.25) is 9.59 Å². The van der Waals surface area contributed by atoms with Crippen LogP contribution in [-0.4, -0.2) is 23.5 Å². The molecule has 1 aliphatic rings. The van der Waals surface area contributed by atoms with Gasteiger partial charge in [-0.25, -0.2) is 0 Å². The van der Waals surface area contributed by atoms with E-state index in [4.69, 9.17) is 10.4 Å². The van der Waals surface area contributed by atoms with Crippen molar-refractivity contribution in [1.82, 2.24) is 5.32 Å². The summed E-state index contributed by atoms with van der Waals surface area (Å²) in [6.45, 7) is 0.387. The Labute approximate surface area is 117 Å². The summed E-state index contributed by atoms with van der Waals surface area (Å²) in [6.07, 6.45) is 2.79. The zero-order chi connectivity index (χ0) is 14.6. The maximum atomic E-state index is 12.0. The van der Waals surface area contributed by atoms with E-state index in [-0.39, 0.29) is 17.7 Å². The van der Waals surface area contributed by atoms with Gasteiger partial charge in [0.05, 0.1) is 18.1 Å². The average molecular weight is 272 g/mol. The minimum atomic E-state index is -0.822. The minimum Gasteiger partial charge on any atom is -0.481 e. The molecule has 0 atom stereocenters. The summed E-state index contributed by atoms with van der Waals surface area (Å²) in [5, 5.41) is 20.4. The molecule has 1 aromatic carbocycles. The first-order valence-corrected chi connectivity index (χ1v) is 6.55. The van der Waals surface area contributed by atoms with Crippen LogP contribution in [0.3, 0.4) is 0 Å². The number of carboxylic acid groups (broad SMARTS) is 1. The molecule has 20 heavy (non-hydrogen) atoms. The molecule has 0 aliphatic heterocycles. The van der Waals surface area contributed by atoms with Gasteiger partial charge >= 0.3 is 5.97 Å². The summed E-state index contributed by atoms with van der Waals surface area (Å²) in [7, 11) is 0. The smallest absolute Gasteiger partial charge is 0.303 e. The van der Waals surface area contributed by atoms with E-state index in [9.17, 15) is 9.59 Å². The molecule has 0 saturated heterocycles. The van der Waals surface area contributed by atoms with Crippen molar-refractivity contribution in [3.8, 4) is 6.07 Å². The van der Waals surface area contributed by atoms with Crippen molar-refractivity contribution in [3.05, 3.63) is 35.4 Å². The van der Waals surface area contributed by atoms with Crippen LogP contribution in [0.2, 0.25) is 0 Å². The fourth-order valence-corrected chi connectivity index (χ4v) is 2.48. The molecule has 1 amide bonds. The third-order valence-electron chi connectivity index (χ3n) is 3.84. The van der Waals surface area contributed by atoms with Gasteiger partial charge in [-0.1, -0.05) is 6.42 Å². The number of aliphatic carboxylic acids is 1. The summed E-state index contributed by atoms with van der Waals surface area (Å²) in [6, 6.07) is 8.36. The normalized spacial score (nSPS) is 15.8. The Morgan fingerprint density at radius 2 is 1.95 bits per heavy atom. The molecule has 5 nitrogen and oxygen atoms in total. The number of benzene rings is 1. The topological polar surface area (TPSA) is 90.2 Å². The average Bonchev–Trinajstić information content (AvgIpc) is 2.41. The lowest BCUT2D eigenvalue weighted by Gasteiger charge is -2.40. The van der Waals surface area contributed by atoms with Crippen molar-refractivity contribution in [3.63, 3.8) is 0 Å². The number of carbonyl (C=O) groups is 2. The summed E-state index contributed by atoms with van der Waals surface area (Å²) in [5.41, 5.74) is 0.699. The van der Waals surface area contributed by atoms with E-state index >= 15 is 0 Å². The standard InChI is InChI=1S/C15H16N2O3/c16-9-11-2-4-12(5-3-11)14(20)17-10-15(6-1-7-15)8-13(18)19/h2-5H,1,6-8,10H2,(H,17,20)(H,18,19). The SMILES string of the molecule is N#Cc1ccc(C(=O)NCC2(CC(=O)O)CCC2)cc1. The van der Waals surface area contributed by atoms with E-state index in [1.165, 1.54) is 0 Å². The third kappa shape index (κ3) is 3.15. The number of hydrogen-bond donors (Lipinski definition) is 2. The molecule has 0 unspecified atom stereocenters. The molecule has 1 aromatic rings. The maximum absolute atomic E-state index is 12.0. The van der Waals surface area contributed by atoms with Crippen LogP contribution in [0.1, 0.15) is 41.6 Å². The molecular weight excluding hydrogens is 256 g/mol. The maximum Gasteiger partial charge on any atom is 0.303 e. The number of hydrogen-bond acceptors (Lipinski definition) is 3. The molecule has 2 rings (SSSR count). The Bertz CT molecular complexity index is 553. The van der Waals surface area contributed by atoms with E-state index in [1.807, 2.05) is 6.07 Å². The van der Waals surface area contributed by atoms with Crippen LogP contribution < -0.4 is 5.32 Å². The van der Waals surface area contributed by atoms with Crippen LogP contribution in [0.4, 0.5) is 0 Å². The van der Waals surface area contributed by atoms with Crippen molar-refractivity contribution in [2.24, 2.45) is 5.41 Å². The second kappa shape index (κ2) is 5.74. The lowest BCUT2D eigenvalue weighted by Crippen LogP contribution is -2.43. The van der Waals surface area contributed by atoms with Gasteiger partial charge in [0.15, 0.2) is 0 Å². The molecule has 0 spiro atoms. The Balaban J connectivity index is 1.94. The molecule has 0 bridgehead atoms. The van der Waals surface area contributed by atoms with Crippen molar-refractivity contribution in [2.45, 2.75) is 25.7 Å². The van der Waals surface area contributed by atoms with E-state index in [0.29, 0.717) is 17.7 Å². The van der Waals surface area contributed by atoms with Crippen LogP contribution >= 0.6 is 0 Å². The van der Waals surface area contributed by atoms with E-state index in [1.54, 1.807) is 24.3 Å². The van der Waals surface area contributed by atoms with Crippen LogP contribution in [0.15, 0.2) is 24.3 Å². The minimum absolute atomic E-state index is 0.0979. The quantitative estimate of drug-likeness (QED) is 0.857. The zero-order valence-electron chi connectivity index (χ0n) is 11.1. The van der Waals surface area contributed by atoms with Crippen LogP contribution in [0, 0.1) is 16.7 Å². The number of carbonyl (C=O) groups excluding carboxylic acids is 1. The van der Waals surface area contributed by atoms with Gasteiger partial charge in [-0.05, 0) is 42.5 Å². The molecule has 104 valence electrons. The fourth-order valence-electron chi connectivity index (χ4n) is 2.48. The Hall–Kier alpha value is -2.35. The van der Waals surface area contributed by atoms with Crippen molar-refractivity contribution < 1.29 is 14.7 Å². The number of carboxylic acids is 1. The lowest BCUT2D eigenvalue weighted by molar-refractivity contribution is -0.141. The predicted octanol–water partition coefficient (Wildman–Crippen LogP) is 1.93. The third-order valence-corrected chi connectivity index (χ3v) is 3.84. The van der Waals surface area contributed by atoms with Gasteiger partial charge in [-0.15, -0.1) is 0 Å². The Kier molecular flexibility index (Phi) is 4.04. The Morgan fingerprint density at radius 1 is 1.30 bits per heavy atom. The van der Waals surface area contributed by atoms with E-state index < -0.39 is 5.97 Å². The molecular formula is C15H16N2O3. The monoisotopic (exact) mass is 272 g/mol. The first-order valence-electron chi connectivity index (χ1n) is 6.55. The number of nitriles is 1. The summed E-state index contributed by atoms with van der Waals surface area (Å²) in [5.74, 6) is -1.05. The molecule has 0 heterocycles. The number of rotatable bonds is 5. The first-order chi connectivity index (χ1) is 9.54. The highest BCUT2D eigenvalue weighted by Gasteiger charge is 2.39. The number of nitrogens with one attached hydrogen (secondary N) is 1. The summed E-state index contributed by atoms with van der Waals surface area (Å²) in [4.78, 5) is 22.8. The molecule has 1 saturated carbocycles. The highest BCUT2D eigenvalue weighted by molar-refractivity contribution is 5.94. The van der Waals surface area contributed by atoms with Gasteiger partial charge < -0.3 is 10.4 Å². The molecule has 5 heteroatoms. The molecule has 2 N–H and O–H groups in total. The van der Waals surface area contributed by atoms with Crippen LogP contribution in [0.25, 0.3) is 0 Å². The van der Waals surface area contributed by atoms with Gasteiger partial charge in [0.1, 0.15) is 0 Å². The second-order valence-electron chi connectivity index (χ2n) is 5.30. The predicted molar refractivity (Wildman–Crippen MR) is 72.0 cm³/mol. The van der Waals surface area contributed by atoms with Crippen molar-refractivity contribution in [2.75, 3.05) is 6.54 Å². The van der Waals surface area contributed by atoms with Gasteiger partial charge in [0.25, 0.3) is 5.91 Å². The Morgan fingerprint density at radius 3 is 2.40 bits per heavy atom. The highest BCUT2D eigenvalue weighted by Crippen LogP contribution is 2.43. The second-order valence-corrected chi connectivity index (χ2v) is 5.30. The lowest BCUT2D eigenvalue weighted by atomic mass is 9.66. The van der Waals surface area contributed by atoms with Crippen LogP contribution in [0.5, 0.6) is 0 Å². The molecule has 1 aliphatic carbocycles. The first kappa shape index (κ1) is 14.1. The summed E-state index contributed by atoms with van der Waals surface area (Å²) < 4.78 is 0. The molecule has 0 radical (unpaired) electrons. The van der Waals surface area contributed by atoms with Crippen molar-refractivity contribution >= 4 is 11.9 Å². The fraction of sp³-hybridized carbons (Fsp3) is 0.400. The van der Waals surface area contributed by atoms with E-state index in [0.717, 1.165) is 19.3 Å². The number of nitrogens with zero attached hydrogens (tertiary/aromatic N) is 1. The van der Waals surface area contributed by atoms with Crippen LogP contribution in [-0.2, 0) is 4.79 Å². The molecule has 0 aromatic heterocycles. The largest absolute Gasteiger partial charge is 0.481 e.